The Kier molecular flexibility index (Phi) is 9.76. The molecular formula is C24H32ClN3O5S. The predicted molar refractivity (Wildman–Crippen MR) is 135 cm³/mol. The van der Waals surface area contributed by atoms with Crippen LogP contribution in [0.5, 0.6) is 5.75 Å². The number of hydrogen-bond acceptors (Lipinski definition) is 5. The van der Waals surface area contributed by atoms with Crippen molar-refractivity contribution in [1.82, 2.24) is 10.2 Å². The van der Waals surface area contributed by atoms with Gasteiger partial charge in [-0.3, -0.25) is 13.9 Å². The van der Waals surface area contributed by atoms with Crippen molar-refractivity contribution in [2.45, 2.75) is 39.8 Å². The second-order valence-electron chi connectivity index (χ2n) is 8.04. The molecule has 2 amide bonds. The molecule has 10 heteroatoms. The molecule has 2 aromatic rings. The van der Waals surface area contributed by atoms with Gasteiger partial charge in [0.05, 0.1) is 19.1 Å². The smallest absolute Gasteiger partial charge is 0.244 e. The maximum absolute atomic E-state index is 13.5. The zero-order valence-corrected chi connectivity index (χ0v) is 21.7. The van der Waals surface area contributed by atoms with Crippen molar-refractivity contribution in [3.8, 4) is 5.75 Å². The molecule has 2 rings (SSSR count). The number of nitrogens with one attached hydrogen (secondary N) is 1. The van der Waals surface area contributed by atoms with E-state index >= 15 is 0 Å². The summed E-state index contributed by atoms with van der Waals surface area (Å²) in [5.41, 5.74) is 1.70. The summed E-state index contributed by atoms with van der Waals surface area (Å²) in [6.45, 7) is 5.39. The van der Waals surface area contributed by atoms with Crippen LogP contribution in [0.4, 0.5) is 5.69 Å². The average molecular weight is 510 g/mol. The maximum Gasteiger partial charge on any atom is 0.244 e. The molecule has 0 unspecified atom stereocenters. The van der Waals surface area contributed by atoms with E-state index in [2.05, 4.69) is 5.32 Å². The molecule has 0 aromatic heterocycles. The number of aryl methyl sites for hydroxylation is 1. The summed E-state index contributed by atoms with van der Waals surface area (Å²) in [5.74, 6) is -0.227. The minimum atomic E-state index is -3.82. The largest absolute Gasteiger partial charge is 0.497 e. The third kappa shape index (κ3) is 7.36. The van der Waals surface area contributed by atoms with Crippen molar-refractivity contribution < 1.29 is 22.7 Å². The molecule has 0 spiro atoms. The Labute approximate surface area is 206 Å². The number of benzene rings is 2. The van der Waals surface area contributed by atoms with Gasteiger partial charge in [-0.1, -0.05) is 36.7 Å². The van der Waals surface area contributed by atoms with E-state index in [4.69, 9.17) is 16.3 Å². The molecule has 0 bridgehead atoms. The molecule has 0 aliphatic rings. The molecule has 0 saturated carbocycles. The second-order valence-corrected chi connectivity index (χ2v) is 10.4. The summed E-state index contributed by atoms with van der Waals surface area (Å²) >= 11 is 6.10. The molecule has 8 nitrogen and oxygen atoms in total. The molecule has 0 saturated heterocycles. The first-order chi connectivity index (χ1) is 16.0. The summed E-state index contributed by atoms with van der Waals surface area (Å²) < 4.78 is 31.6. The lowest BCUT2D eigenvalue weighted by Crippen LogP contribution is -2.51. The van der Waals surface area contributed by atoms with E-state index in [1.807, 2.05) is 13.0 Å². The van der Waals surface area contributed by atoms with Crippen LogP contribution in [0, 0.1) is 6.92 Å². The Bertz CT molecular complexity index is 1120. The Morgan fingerprint density at radius 1 is 1.18 bits per heavy atom. The van der Waals surface area contributed by atoms with Gasteiger partial charge in [0.2, 0.25) is 21.8 Å². The standard InChI is InChI=1S/C24H32ClN3O5S/c1-6-12-26-24(30)18(3)27(15-19-8-7-9-21(13-19)33-4)23(29)16-28(34(5,31)32)22-14-20(25)11-10-17(22)2/h7-11,13-14,18H,6,12,15-16H2,1-5H3,(H,26,30)/t18-/m0/s1. The fourth-order valence-corrected chi connectivity index (χ4v) is 4.46. The lowest BCUT2D eigenvalue weighted by atomic mass is 10.1. The number of methoxy groups -OCH3 is 1. The predicted octanol–water partition coefficient (Wildman–Crippen LogP) is 3.37. The van der Waals surface area contributed by atoms with Crippen LogP contribution in [0.1, 0.15) is 31.4 Å². The molecule has 0 fully saturated rings. The Morgan fingerprint density at radius 2 is 1.88 bits per heavy atom. The first-order valence-corrected chi connectivity index (χ1v) is 13.1. The molecule has 1 atom stereocenters. The summed E-state index contributed by atoms with van der Waals surface area (Å²) in [5, 5.41) is 3.15. The monoisotopic (exact) mass is 509 g/mol. The van der Waals surface area contributed by atoms with Crippen molar-refractivity contribution in [3.05, 3.63) is 58.6 Å². The molecule has 0 aliphatic heterocycles. The highest BCUT2D eigenvalue weighted by molar-refractivity contribution is 7.92. The Morgan fingerprint density at radius 3 is 2.50 bits per heavy atom. The molecule has 1 N–H and O–H groups in total. The topological polar surface area (TPSA) is 96.0 Å². The van der Waals surface area contributed by atoms with E-state index in [9.17, 15) is 18.0 Å². The van der Waals surface area contributed by atoms with Crippen LogP contribution in [0.15, 0.2) is 42.5 Å². The number of amides is 2. The number of rotatable bonds is 11. The molecule has 2 aromatic carbocycles. The molecule has 0 radical (unpaired) electrons. The quantitative estimate of drug-likeness (QED) is 0.501. The van der Waals surface area contributed by atoms with Crippen molar-refractivity contribution in [2.24, 2.45) is 0 Å². The lowest BCUT2D eigenvalue weighted by Gasteiger charge is -2.32. The molecule has 34 heavy (non-hydrogen) atoms. The van der Waals surface area contributed by atoms with Crippen LogP contribution < -0.4 is 14.4 Å². The number of carbonyl (C=O) groups excluding carboxylic acids is 2. The van der Waals surface area contributed by atoms with Gasteiger partial charge in [-0.2, -0.15) is 0 Å². The highest BCUT2D eigenvalue weighted by atomic mass is 35.5. The molecule has 0 aliphatic carbocycles. The van der Waals surface area contributed by atoms with Crippen molar-refractivity contribution >= 4 is 39.1 Å². The maximum atomic E-state index is 13.5. The van der Waals surface area contributed by atoms with Crippen LogP contribution >= 0.6 is 11.6 Å². The number of ether oxygens (including phenoxy) is 1. The second kappa shape index (κ2) is 12.1. The number of hydrogen-bond donors (Lipinski definition) is 1. The van der Waals surface area contributed by atoms with Crippen molar-refractivity contribution in [3.63, 3.8) is 0 Å². The lowest BCUT2D eigenvalue weighted by molar-refractivity contribution is -0.139. The molecule has 186 valence electrons. The van der Waals surface area contributed by atoms with Gasteiger partial charge < -0.3 is 15.0 Å². The van der Waals surface area contributed by atoms with Crippen LogP contribution in [0.3, 0.4) is 0 Å². The third-order valence-corrected chi connectivity index (χ3v) is 6.68. The average Bonchev–Trinajstić information content (AvgIpc) is 2.79. The number of sulfonamides is 1. The molecular weight excluding hydrogens is 478 g/mol. The van der Waals surface area contributed by atoms with Gasteiger partial charge in [-0.15, -0.1) is 0 Å². The van der Waals surface area contributed by atoms with Crippen molar-refractivity contribution in [1.29, 1.82) is 0 Å². The Balaban J connectivity index is 2.43. The molecule has 0 heterocycles. The van der Waals surface area contributed by atoms with Gasteiger partial charge in [-0.05, 0) is 55.7 Å². The minimum Gasteiger partial charge on any atom is -0.497 e. The van der Waals surface area contributed by atoms with Crippen LogP contribution in [0.25, 0.3) is 0 Å². The zero-order chi connectivity index (χ0) is 25.5. The highest BCUT2D eigenvalue weighted by Crippen LogP contribution is 2.27. The van der Waals surface area contributed by atoms with E-state index in [1.165, 1.54) is 11.0 Å². The van der Waals surface area contributed by atoms with E-state index in [1.54, 1.807) is 51.3 Å². The fraction of sp³-hybridized carbons (Fsp3) is 0.417. The first-order valence-electron chi connectivity index (χ1n) is 10.9. The summed E-state index contributed by atoms with van der Waals surface area (Å²) in [4.78, 5) is 27.6. The fourth-order valence-electron chi connectivity index (χ4n) is 3.39. The van der Waals surface area contributed by atoms with E-state index in [-0.39, 0.29) is 12.5 Å². The number of carbonyl (C=O) groups is 2. The van der Waals surface area contributed by atoms with Crippen LogP contribution in [-0.2, 0) is 26.2 Å². The minimum absolute atomic E-state index is 0.100. The number of halogens is 1. The van der Waals surface area contributed by atoms with Gasteiger partial charge in [-0.25, -0.2) is 8.42 Å². The van der Waals surface area contributed by atoms with Crippen LogP contribution in [0.2, 0.25) is 5.02 Å². The summed E-state index contributed by atoms with van der Waals surface area (Å²) in [6, 6.07) is 11.2. The van der Waals surface area contributed by atoms with E-state index < -0.39 is 28.5 Å². The van der Waals surface area contributed by atoms with Gasteiger partial charge in [0.1, 0.15) is 18.3 Å². The summed E-state index contributed by atoms with van der Waals surface area (Å²) in [6.07, 6.45) is 1.78. The van der Waals surface area contributed by atoms with Gasteiger partial charge >= 0.3 is 0 Å². The zero-order valence-electron chi connectivity index (χ0n) is 20.2. The van der Waals surface area contributed by atoms with Crippen LogP contribution in [-0.4, -0.2) is 57.6 Å². The SMILES string of the molecule is CCCNC(=O)[C@H](C)N(Cc1cccc(OC)c1)C(=O)CN(c1cc(Cl)ccc1C)S(C)(=O)=O. The highest BCUT2D eigenvalue weighted by Gasteiger charge is 2.30. The Hall–Kier alpha value is -2.78. The van der Waals surface area contributed by atoms with Gasteiger partial charge in [0.15, 0.2) is 0 Å². The number of anilines is 1. The summed E-state index contributed by atoms with van der Waals surface area (Å²) in [7, 11) is -2.28. The normalized spacial score (nSPS) is 12.1. The van der Waals surface area contributed by atoms with E-state index in [0.29, 0.717) is 28.6 Å². The first kappa shape index (κ1) is 27.5. The van der Waals surface area contributed by atoms with Gasteiger partial charge in [0, 0.05) is 18.1 Å². The number of nitrogens with zero attached hydrogens (tertiary/aromatic N) is 2. The third-order valence-electron chi connectivity index (χ3n) is 5.32. The van der Waals surface area contributed by atoms with Crippen molar-refractivity contribution in [2.75, 3.05) is 30.8 Å². The van der Waals surface area contributed by atoms with Gasteiger partial charge in [0.25, 0.3) is 0 Å². The van der Waals surface area contributed by atoms with E-state index in [0.717, 1.165) is 22.5 Å².